The number of carbonyl (C=O) groups excluding carboxylic acids is 1. The SMILES string of the molecule is O=C(N[C@@H]1CCOC2(CCCCC2)C1)N(Cc1cccs1)C1CC1. The molecule has 3 fully saturated rings. The molecule has 1 aromatic rings. The third-order valence-electron chi connectivity index (χ3n) is 5.74. The molecule has 3 aliphatic rings. The van der Waals surface area contributed by atoms with Crippen LogP contribution in [0.5, 0.6) is 0 Å². The Labute approximate surface area is 148 Å². The Morgan fingerprint density at radius 3 is 2.83 bits per heavy atom. The van der Waals surface area contributed by atoms with Crippen LogP contribution in [0.15, 0.2) is 17.5 Å². The third-order valence-corrected chi connectivity index (χ3v) is 6.60. The highest BCUT2D eigenvalue weighted by Crippen LogP contribution is 2.38. The summed E-state index contributed by atoms with van der Waals surface area (Å²) in [5.74, 6) is 0. The molecule has 1 saturated heterocycles. The van der Waals surface area contributed by atoms with E-state index in [4.69, 9.17) is 4.74 Å². The van der Waals surface area contributed by atoms with Gasteiger partial charge < -0.3 is 15.0 Å². The Balaban J connectivity index is 1.37. The Kier molecular flexibility index (Phi) is 4.81. The average Bonchev–Trinajstić information content (AvgIpc) is 3.29. The van der Waals surface area contributed by atoms with Gasteiger partial charge in [-0.25, -0.2) is 4.79 Å². The quantitative estimate of drug-likeness (QED) is 0.881. The van der Waals surface area contributed by atoms with Gasteiger partial charge in [0.1, 0.15) is 0 Å². The second kappa shape index (κ2) is 7.04. The van der Waals surface area contributed by atoms with Gasteiger partial charge in [0.25, 0.3) is 0 Å². The first-order valence-corrected chi connectivity index (χ1v) is 10.4. The fraction of sp³-hybridized carbons (Fsp3) is 0.737. The van der Waals surface area contributed by atoms with E-state index in [1.165, 1.54) is 37.0 Å². The molecule has 0 radical (unpaired) electrons. The van der Waals surface area contributed by atoms with Crippen LogP contribution in [0.1, 0.15) is 62.7 Å². The smallest absolute Gasteiger partial charge is 0.318 e. The van der Waals surface area contributed by atoms with Crippen LogP contribution >= 0.6 is 11.3 Å². The van der Waals surface area contributed by atoms with Crippen molar-refractivity contribution in [3.63, 3.8) is 0 Å². The lowest BCUT2D eigenvalue weighted by Crippen LogP contribution is -2.52. The molecule has 2 aliphatic carbocycles. The number of rotatable bonds is 4. The second-order valence-corrected chi connectivity index (χ2v) is 8.70. The zero-order chi connectivity index (χ0) is 16.4. The first-order valence-electron chi connectivity index (χ1n) is 9.48. The first-order chi connectivity index (χ1) is 11.7. The predicted octanol–water partition coefficient (Wildman–Crippen LogP) is 4.30. The van der Waals surface area contributed by atoms with Crippen molar-refractivity contribution in [3.8, 4) is 0 Å². The molecule has 4 nitrogen and oxygen atoms in total. The van der Waals surface area contributed by atoms with Crippen molar-refractivity contribution in [1.82, 2.24) is 10.2 Å². The fourth-order valence-corrected chi connectivity index (χ4v) is 4.98. The number of hydrogen-bond acceptors (Lipinski definition) is 3. The van der Waals surface area contributed by atoms with Crippen molar-refractivity contribution in [3.05, 3.63) is 22.4 Å². The minimum Gasteiger partial charge on any atom is -0.375 e. The number of amides is 2. The van der Waals surface area contributed by atoms with Gasteiger partial charge >= 0.3 is 6.03 Å². The molecule has 2 heterocycles. The summed E-state index contributed by atoms with van der Waals surface area (Å²) in [6, 6.07) is 5.03. The highest BCUT2D eigenvalue weighted by molar-refractivity contribution is 7.09. The van der Waals surface area contributed by atoms with Crippen molar-refractivity contribution in [2.75, 3.05) is 6.61 Å². The number of nitrogens with zero attached hydrogens (tertiary/aromatic N) is 1. The largest absolute Gasteiger partial charge is 0.375 e. The average molecular weight is 349 g/mol. The summed E-state index contributed by atoms with van der Waals surface area (Å²) in [6.45, 7) is 1.54. The molecule has 1 spiro atoms. The molecule has 2 amide bonds. The van der Waals surface area contributed by atoms with Crippen LogP contribution in [-0.2, 0) is 11.3 Å². The van der Waals surface area contributed by atoms with E-state index < -0.39 is 0 Å². The lowest BCUT2D eigenvalue weighted by molar-refractivity contribution is -0.108. The van der Waals surface area contributed by atoms with Gasteiger partial charge in [0.2, 0.25) is 0 Å². The van der Waals surface area contributed by atoms with Gasteiger partial charge in [0, 0.05) is 23.6 Å². The first kappa shape index (κ1) is 16.4. The molecular weight excluding hydrogens is 320 g/mol. The summed E-state index contributed by atoms with van der Waals surface area (Å²) in [5, 5.41) is 5.42. The maximum Gasteiger partial charge on any atom is 0.318 e. The minimum absolute atomic E-state index is 0.0482. The van der Waals surface area contributed by atoms with Crippen molar-refractivity contribution >= 4 is 17.4 Å². The maximum absolute atomic E-state index is 12.9. The Bertz CT molecular complexity index is 544. The standard InChI is InChI=1S/C19H28N2O2S/c22-18(21(16-6-7-16)14-17-5-4-12-24-17)20-15-8-11-23-19(13-15)9-2-1-3-10-19/h4-5,12,15-16H,1-3,6-11,13-14H2,(H,20,22)/t15-/m1/s1. The van der Waals surface area contributed by atoms with Crippen LogP contribution in [0.3, 0.4) is 0 Å². The highest BCUT2D eigenvalue weighted by atomic mass is 32.1. The molecule has 0 unspecified atom stereocenters. The van der Waals surface area contributed by atoms with Crippen molar-refractivity contribution in [2.45, 2.75) is 82.0 Å². The van der Waals surface area contributed by atoms with Crippen LogP contribution in [0.2, 0.25) is 0 Å². The van der Waals surface area contributed by atoms with Crippen LogP contribution in [0.4, 0.5) is 4.79 Å². The highest BCUT2D eigenvalue weighted by Gasteiger charge is 2.40. The summed E-state index contributed by atoms with van der Waals surface area (Å²) in [5.41, 5.74) is 0.0482. The van der Waals surface area contributed by atoms with Crippen LogP contribution in [0.25, 0.3) is 0 Å². The van der Waals surface area contributed by atoms with E-state index in [1.54, 1.807) is 11.3 Å². The summed E-state index contributed by atoms with van der Waals surface area (Å²) in [6.07, 6.45) is 10.5. The van der Waals surface area contributed by atoms with Gasteiger partial charge in [-0.3, -0.25) is 0 Å². The normalized spacial score (nSPS) is 26.2. The van der Waals surface area contributed by atoms with E-state index >= 15 is 0 Å². The molecule has 0 bridgehead atoms. The Morgan fingerprint density at radius 1 is 1.29 bits per heavy atom. The fourth-order valence-electron chi connectivity index (χ4n) is 4.28. The molecule has 1 N–H and O–H groups in total. The van der Waals surface area contributed by atoms with Gasteiger partial charge in [-0.15, -0.1) is 11.3 Å². The monoisotopic (exact) mass is 348 g/mol. The van der Waals surface area contributed by atoms with Crippen LogP contribution in [-0.4, -0.2) is 35.2 Å². The zero-order valence-corrected chi connectivity index (χ0v) is 15.2. The number of carbonyl (C=O) groups is 1. The third kappa shape index (κ3) is 3.77. The molecule has 1 atom stereocenters. The minimum atomic E-state index is 0.0482. The van der Waals surface area contributed by atoms with E-state index in [1.807, 2.05) is 0 Å². The summed E-state index contributed by atoms with van der Waals surface area (Å²) in [7, 11) is 0. The van der Waals surface area contributed by atoms with Gasteiger partial charge in [-0.1, -0.05) is 25.3 Å². The predicted molar refractivity (Wildman–Crippen MR) is 96.2 cm³/mol. The molecule has 132 valence electrons. The van der Waals surface area contributed by atoms with Gasteiger partial charge in [0.15, 0.2) is 0 Å². The lowest BCUT2D eigenvalue weighted by atomic mass is 9.78. The van der Waals surface area contributed by atoms with E-state index in [9.17, 15) is 4.79 Å². The maximum atomic E-state index is 12.9. The summed E-state index contributed by atoms with van der Waals surface area (Å²) in [4.78, 5) is 16.2. The zero-order valence-electron chi connectivity index (χ0n) is 14.3. The molecule has 5 heteroatoms. The molecule has 0 aromatic carbocycles. The van der Waals surface area contributed by atoms with Crippen molar-refractivity contribution < 1.29 is 9.53 Å². The topological polar surface area (TPSA) is 41.6 Å². The molecule has 2 saturated carbocycles. The van der Waals surface area contributed by atoms with Gasteiger partial charge in [-0.2, -0.15) is 0 Å². The van der Waals surface area contributed by atoms with E-state index in [2.05, 4.69) is 27.7 Å². The van der Waals surface area contributed by atoms with E-state index in [0.717, 1.165) is 38.8 Å². The van der Waals surface area contributed by atoms with Crippen LogP contribution < -0.4 is 5.32 Å². The number of ether oxygens (including phenoxy) is 1. The van der Waals surface area contributed by atoms with Gasteiger partial charge in [0.05, 0.1) is 12.1 Å². The molecule has 24 heavy (non-hydrogen) atoms. The van der Waals surface area contributed by atoms with Crippen LogP contribution in [0, 0.1) is 0 Å². The Morgan fingerprint density at radius 2 is 2.12 bits per heavy atom. The second-order valence-electron chi connectivity index (χ2n) is 7.67. The van der Waals surface area contributed by atoms with E-state index in [0.29, 0.717) is 6.04 Å². The van der Waals surface area contributed by atoms with Crippen molar-refractivity contribution in [2.24, 2.45) is 0 Å². The molecule has 4 rings (SSSR count). The lowest BCUT2D eigenvalue weighted by Gasteiger charge is -2.44. The number of hydrogen-bond donors (Lipinski definition) is 1. The summed E-state index contributed by atoms with van der Waals surface area (Å²) >= 11 is 1.74. The molecule has 1 aliphatic heterocycles. The molecule has 1 aromatic heterocycles. The van der Waals surface area contributed by atoms with E-state index in [-0.39, 0.29) is 17.7 Å². The number of urea groups is 1. The number of nitrogens with one attached hydrogen (secondary N) is 1. The number of thiophene rings is 1. The Hall–Kier alpha value is -1.07. The van der Waals surface area contributed by atoms with Gasteiger partial charge in [-0.05, 0) is 50.0 Å². The summed E-state index contributed by atoms with van der Waals surface area (Å²) < 4.78 is 6.16. The van der Waals surface area contributed by atoms with Crippen molar-refractivity contribution in [1.29, 1.82) is 0 Å². The molecular formula is C19H28N2O2S.